The second kappa shape index (κ2) is 10.1. The number of hydrogen-bond donors (Lipinski definition) is 2. The highest BCUT2D eigenvalue weighted by Gasteiger charge is 2.11. The van der Waals surface area contributed by atoms with Gasteiger partial charge in [-0.05, 0) is 42.7 Å². The monoisotopic (exact) mass is 368 g/mol. The molecule has 0 unspecified atom stereocenters. The highest BCUT2D eigenvalue weighted by molar-refractivity contribution is 5.96. The number of anilines is 1. The van der Waals surface area contributed by atoms with Gasteiger partial charge in [-0.3, -0.25) is 14.4 Å². The Morgan fingerprint density at radius 2 is 1.81 bits per heavy atom. The van der Waals surface area contributed by atoms with Crippen LogP contribution in [-0.2, 0) is 20.7 Å². The third-order valence-corrected chi connectivity index (χ3v) is 3.99. The molecule has 0 saturated carbocycles. The van der Waals surface area contributed by atoms with Crippen LogP contribution < -0.4 is 10.6 Å². The first kappa shape index (κ1) is 20.2. The lowest BCUT2D eigenvalue weighted by Crippen LogP contribution is -2.28. The van der Waals surface area contributed by atoms with Crippen molar-refractivity contribution in [2.75, 3.05) is 18.5 Å². The van der Waals surface area contributed by atoms with E-state index in [4.69, 9.17) is 4.74 Å². The zero-order chi connectivity index (χ0) is 19.6. The van der Waals surface area contributed by atoms with Gasteiger partial charge in [0.05, 0.1) is 6.42 Å². The predicted octanol–water partition coefficient (Wildman–Crippen LogP) is 2.86. The third kappa shape index (κ3) is 6.58. The quantitative estimate of drug-likeness (QED) is 0.702. The van der Waals surface area contributed by atoms with Crippen LogP contribution in [0.5, 0.6) is 0 Å². The van der Waals surface area contributed by atoms with Crippen molar-refractivity contribution in [3.8, 4) is 0 Å². The second-order valence-corrected chi connectivity index (χ2v) is 6.08. The molecule has 6 heteroatoms. The molecule has 2 rings (SSSR count). The molecule has 0 saturated heterocycles. The summed E-state index contributed by atoms with van der Waals surface area (Å²) in [6, 6.07) is 14.7. The summed E-state index contributed by atoms with van der Waals surface area (Å²) in [6.07, 6.45) is 0.864. The summed E-state index contributed by atoms with van der Waals surface area (Å²) in [5.41, 5.74) is 3.20. The van der Waals surface area contributed by atoms with Gasteiger partial charge in [-0.2, -0.15) is 0 Å². The molecule has 142 valence electrons. The number of carbonyl (C=O) groups excluding carboxylic acids is 3. The molecule has 0 bridgehead atoms. The van der Waals surface area contributed by atoms with E-state index >= 15 is 0 Å². The molecular weight excluding hydrogens is 344 g/mol. The van der Waals surface area contributed by atoms with Crippen LogP contribution in [0.25, 0.3) is 0 Å². The van der Waals surface area contributed by atoms with Gasteiger partial charge in [0.1, 0.15) is 0 Å². The van der Waals surface area contributed by atoms with Crippen molar-refractivity contribution in [2.45, 2.75) is 26.7 Å². The Morgan fingerprint density at radius 1 is 1.04 bits per heavy atom. The van der Waals surface area contributed by atoms with Gasteiger partial charge in [-0.15, -0.1) is 0 Å². The Kier molecular flexibility index (Phi) is 7.55. The average molecular weight is 368 g/mol. The standard InChI is InChI=1S/C21H24N2O4/c1-3-16-8-6-9-17(13-16)23-19(24)14-27-20(25)11-12-22-21(26)18-10-5-4-7-15(18)2/h4-10,13H,3,11-12,14H2,1-2H3,(H,22,26)(H,23,24). The molecule has 6 nitrogen and oxygen atoms in total. The van der Waals surface area contributed by atoms with Crippen molar-refractivity contribution in [1.29, 1.82) is 0 Å². The van der Waals surface area contributed by atoms with Crippen molar-refractivity contribution >= 4 is 23.5 Å². The SMILES string of the molecule is CCc1cccc(NC(=O)COC(=O)CCNC(=O)c2ccccc2C)c1. The first-order chi connectivity index (χ1) is 13.0. The minimum Gasteiger partial charge on any atom is -0.456 e. The van der Waals surface area contributed by atoms with E-state index in [0.29, 0.717) is 11.3 Å². The first-order valence-electron chi connectivity index (χ1n) is 8.88. The van der Waals surface area contributed by atoms with Crippen molar-refractivity contribution in [3.05, 3.63) is 65.2 Å². The van der Waals surface area contributed by atoms with E-state index in [2.05, 4.69) is 10.6 Å². The number of amides is 2. The maximum atomic E-state index is 12.0. The number of benzene rings is 2. The highest BCUT2D eigenvalue weighted by Crippen LogP contribution is 2.11. The molecule has 0 aliphatic carbocycles. The Labute approximate surface area is 158 Å². The number of carbonyl (C=O) groups is 3. The summed E-state index contributed by atoms with van der Waals surface area (Å²) in [6.45, 7) is 3.66. The molecular formula is C21H24N2O4. The van der Waals surface area contributed by atoms with Gasteiger partial charge in [0.15, 0.2) is 6.61 Å². The van der Waals surface area contributed by atoms with Gasteiger partial charge in [-0.1, -0.05) is 37.3 Å². The van der Waals surface area contributed by atoms with Crippen LogP contribution in [0.2, 0.25) is 0 Å². The summed E-state index contributed by atoms with van der Waals surface area (Å²) in [4.78, 5) is 35.6. The van der Waals surface area contributed by atoms with E-state index in [1.54, 1.807) is 18.2 Å². The minimum atomic E-state index is -0.544. The first-order valence-corrected chi connectivity index (χ1v) is 8.88. The molecule has 2 amide bonds. The summed E-state index contributed by atoms with van der Waals surface area (Å²) >= 11 is 0. The molecule has 0 atom stereocenters. The lowest BCUT2D eigenvalue weighted by molar-refractivity contribution is -0.147. The molecule has 0 spiro atoms. The molecule has 0 aliphatic heterocycles. The van der Waals surface area contributed by atoms with Crippen molar-refractivity contribution in [1.82, 2.24) is 5.32 Å². The van der Waals surface area contributed by atoms with Crippen molar-refractivity contribution in [2.24, 2.45) is 0 Å². The highest BCUT2D eigenvalue weighted by atomic mass is 16.5. The molecule has 2 aromatic carbocycles. The Balaban J connectivity index is 1.69. The lowest BCUT2D eigenvalue weighted by Gasteiger charge is -2.09. The van der Waals surface area contributed by atoms with Gasteiger partial charge >= 0.3 is 5.97 Å². The van der Waals surface area contributed by atoms with E-state index < -0.39 is 11.9 Å². The number of nitrogens with one attached hydrogen (secondary N) is 2. The summed E-state index contributed by atoms with van der Waals surface area (Å²) in [7, 11) is 0. The van der Waals surface area contributed by atoms with Crippen LogP contribution in [-0.4, -0.2) is 30.9 Å². The third-order valence-electron chi connectivity index (χ3n) is 3.99. The van der Waals surface area contributed by atoms with Crippen LogP contribution in [0.3, 0.4) is 0 Å². The number of hydrogen-bond acceptors (Lipinski definition) is 4. The fourth-order valence-electron chi connectivity index (χ4n) is 2.49. The van der Waals surface area contributed by atoms with E-state index in [-0.39, 0.29) is 25.5 Å². The normalized spacial score (nSPS) is 10.1. The molecule has 27 heavy (non-hydrogen) atoms. The zero-order valence-electron chi connectivity index (χ0n) is 15.6. The maximum Gasteiger partial charge on any atom is 0.308 e. The number of aryl methyl sites for hydroxylation is 2. The summed E-state index contributed by atoms with van der Waals surface area (Å²) < 4.78 is 4.94. The van der Waals surface area contributed by atoms with E-state index in [9.17, 15) is 14.4 Å². The van der Waals surface area contributed by atoms with Crippen LogP contribution >= 0.6 is 0 Å². The minimum absolute atomic E-state index is 0.00375. The van der Waals surface area contributed by atoms with E-state index in [0.717, 1.165) is 17.5 Å². The Bertz CT molecular complexity index is 817. The largest absolute Gasteiger partial charge is 0.456 e. The number of esters is 1. The van der Waals surface area contributed by atoms with Crippen LogP contribution in [0.15, 0.2) is 48.5 Å². The Hall–Kier alpha value is -3.15. The van der Waals surface area contributed by atoms with E-state index in [1.807, 2.05) is 44.2 Å². The van der Waals surface area contributed by atoms with E-state index in [1.165, 1.54) is 0 Å². The molecule has 0 aliphatic rings. The predicted molar refractivity (Wildman–Crippen MR) is 104 cm³/mol. The van der Waals surface area contributed by atoms with Gasteiger partial charge < -0.3 is 15.4 Å². The van der Waals surface area contributed by atoms with Crippen molar-refractivity contribution < 1.29 is 19.1 Å². The second-order valence-electron chi connectivity index (χ2n) is 6.08. The molecule has 0 fully saturated rings. The van der Waals surface area contributed by atoms with Crippen LogP contribution in [0, 0.1) is 6.92 Å². The van der Waals surface area contributed by atoms with Gasteiger partial charge in [0.25, 0.3) is 11.8 Å². The number of rotatable bonds is 8. The molecule has 2 N–H and O–H groups in total. The average Bonchev–Trinajstić information content (AvgIpc) is 2.66. The van der Waals surface area contributed by atoms with Gasteiger partial charge in [0.2, 0.25) is 0 Å². The molecule has 0 heterocycles. The fraction of sp³-hybridized carbons (Fsp3) is 0.286. The van der Waals surface area contributed by atoms with Gasteiger partial charge in [0, 0.05) is 17.8 Å². The smallest absolute Gasteiger partial charge is 0.308 e. The van der Waals surface area contributed by atoms with Gasteiger partial charge in [-0.25, -0.2) is 0 Å². The van der Waals surface area contributed by atoms with Crippen LogP contribution in [0.1, 0.15) is 34.8 Å². The topological polar surface area (TPSA) is 84.5 Å². The van der Waals surface area contributed by atoms with Crippen molar-refractivity contribution in [3.63, 3.8) is 0 Å². The summed E-state index contributed by atoms with van der Waals surface area (Å²) in [5.74, 6) is -1.19. The zero-order valence-corrected chi connectivity index (χ0v) is 15.6. The lowest BCUT2D eigenvalue weighted by atomic mass is 10.1. The summed E-state index contributed by atoms with van der Waals surface area (Å²) in [5, 5.41) is 5.36. The molecule has 0 aromatic heterocycles. The number of ether oxygens (including phenoxy) is 1. The Morgan fingerprint density at radius 3 is 2.56 bits per heavy atom. The fourth-order valence-corrected chi connectivity index (χ4v) is 2.49. The maximum absolute atomic E-state index is 12.0. The molecule has 2 aromatic rings. The van der Waals surface area contributed by atoms with Crippen LogP contribution in [0.4, 0.5) is 5.69 Å². The molecule has 0 radical (unpaired) electrons.